The van der Waals surface area contributed by atoms with Gasteiger partial charge in [0.2, 0.25) is 5.88 Å². The van der Waals surface area contributed by atoms with Gasteiger partial charge < -0.3 is 14.0 Å². The van der Waals surface area contributed by atoms with Crippen LogP contribution in [0.3, 0.4) is 0 Å². The number of pyridine rings is 2. The van der Waals surface area contributed by atoms with E-state index in [1.807, 2.05) is 32.2 Å². The summed E-state index contributed by atoms with van der Waals surface area (Å²) in [5.74, 6) is -0.676. The van der Waals surface area contributed by atoms with Crippen molar-refractivity contribution in [2.75, 3.05) is 32.8 Å². The average Bonchev–Trinajstić information content (AvgIpc) is 3.06. The van der Waals surface area contributed by atoms with E-state index in [1.165, 1.54) is 18.3 Å². The number of rotatable bonds is 5. The van der Waals surface area contributed by atoms with E-state index in [4.69, 9.17) is 4.74 Å². The topological polar surface area (TPSA) is 63.0 Å². The van der Waals surface area contributed by atoms with Gasteiger partial charge in [0, 0.05) is 45.1 Å². The molecule has 4 heterocycles. The van der Waals surface area contributed by atoms with Gasteiger partial charge >= 0.3 is 6.18 Å². The molecule has 0 aromatic carbocycles. The van der Waals surface area contributed by atoms with Gasteiger partial charge in [-0.3, -0.25) is 9.69 Å². The molecule has 0 aliphatic carbocycles. The second-order valence-electron chi connectivity index (χ2n) is 7.90. The van der Waals surface area contributed by atoms with Gasteiger partial charge in [0.15, 0.2) is 6.61 Å². The number of piperazine rings is 1. The molecule has 1 aliphatic heterocycles. The van der Waals surface area contributed by atoms with Crippen LogP contribution in [-0.2, 0) is 6.54 Å². The highest BCUT2D eigenvalue weighted by molar-refractivity contribution is 5.96. The molecule has 1 aliphatic rings. The number of amides is 1. The number of hydrogen-bond acceptors (Lipinski definition) is 5. The van der Waals surface area contributed by atoms with E-state index in [0.717, 1.165) is 22.6 Å². The maximum Gasteiger partial charge on any atom is 0.422 e. The predicted octanol–water partition coefficient (Wildman–Crippen LogP) is 3.25. The molecule has 1 saturated heterocycles. The summed E-state index contributed by atoms with van der Waals surface area (Å²) in [6.45, 7) is 5.43. The number of hydrogen-bond donors (Lipinski definition) is 0. The number of carbonyl (C=O) groups excluding carboxylic acids is 1. The summed E-state index contributed by atoms with van der Waals surface area (Å²) < 4.78 is 44.4. The monoisotopic (exact) mass is 447 g/mol. The zero-order valence-electron chi connectivity index (χ0n) is 17.9. The van der Waals surface area contributed by atoms with Crippen LogP contribution in [0, 0.1) is 13.8 Å². The molecule has 4 rings (SSSR count). The maximum atomic E-state index is 12.9. The maximum absolute atomic E-state index is 12.9. The van der Waals surface area contributed by atoms with Crippen LogP contribution in [0.4, 0.5) is 13.2 Å². The van der Waals surface area contributed by atoms with Crippen molar-refractivity contribution in [2.24, 2.45) is 0 Å². The Kier molecular flexibility index (Phi) is 6.05. The standard InChI is InChI=1S/C22H24F3N5O2/c1-15-5-7-30-18(16(2)27-19(30)12-15)13-28-8-10-29(11-9-28)21(31)17-4-3-6-26-20(17)32-14-22(23,24)25/h3-7,12H,8-11,13-14H2,1-2H3. The molecule has 3 aromatic rings. The van der Waals surface area contributed by atoms with Crippen molar-refractivity contribution in [1.82, 2.24) is 24.2 Å². The molecular formula is C22H24F3N5O2. The predicted molar refractivity (Wildman–Crippen MR) is 112 cm³/mol. The molecule has 1 fully saturated rings. The largest absolute Gasteiger partial charge is 0.467 e. The number of nitrogens with zero attached hydrogens (tertiary/aromatic N) is 5. The summed E-state index contributed by atoms with van der Waals surface area (Å²) in [7, 11) is 0. The normalized spacial score (nSPS) is 15.3. The fourth-order valence-corrected chi connectivity index (χ4v) is 3.82. The summed E-state index contributed by atoms with van der Waals surface area (Å²) >= 11 is 0. The van der Waals surface area contributed by atoms with Crippen molar-refractivity contribution in [3.05, 3.63) is 59.2 Å². The first kappa shape index (κ1) is 22.1. The van der Waals surface area contributed by atoms with E-state index in [0.29, 0.717) is 32.7 Å². The summed E-state index contributed by atoms with van der Waals surface area (Å²) in [6.07, 6.45) is -1.18. The van der Waals surface area contributed by atoms with Gasteiger partial charge in [-0.1, -0.05) is 0 Å². The average molecular weight is 447 g/mol. The van der Waals surface area contributed by atoms with E-state index in [9.17, 15) is 18.0 Å². The molecule has 10 heteroatoms. The SMILES string of the molecule is Cc1ccn2c(CN3CCN(C(=O)c4cccnc4OCC(F)(F)F)CC3)c(C)nc2c1. The Morgan fingerprint density at radius 1 is 1.16 bits per heavy atom. The molecule has 0 spiro atoms. The summed E-state index contributed by atoms with van der Waals surface area (Å²) in [5, 5.41) is 0. The van der Waals surface area contributed by atoms with Crippen molar-refractivity contribution in [3.8, 4) is 5.88 Å². The molecule has 0 radical (unpaired) electrons. The number of halogens is 3. The first-order chi connectivity index (χ1) is 15.2. The highest BCUT2D eigenvalue weighted by atomic mass is 19.4. The van der Waals surface area contributed by atoms with Gasteiger partial charge in [0.05, 0.1) is 11.4 Å². The lowest BCUT2D eigenvalue weighted by Gasteiger charge is -2.34. The first-order valence-corrected chi connectivity index (χ1v) is 10.3. The fourth-order valence-electron chi connectivity index (χ4n) is 3.82. The van der Waals surface area contributed by atoms with Gasteiger partial charge in [-0.2, -0.15) is 13.2 Å². The third-order valence-corrected chi connectivity index (χ3v) is 5.49. The molecule has 0 atom stereocenters. The number of ether oxygens (including phenoxy) is 1. The number of fused-ring (bicyclic) bond motifs is 1. The Morgan fingerprint density at radius 3 is 2.62 bits per heavy atom. The quantitative estimate of drug-likeness (QED) is 0.601. The zero-order chi connectivity index (χ0) is 22.9. The van der Waals surface area contributed by atoms with Crippen molar-refractivity contribution in [1.29, 1.82) is 0 Å². The highest BCUT2D eigenvalue weighted by Gasteiger charge is 2.31. The molecule has 32 heavy (non-hydrogen) atoms. The van der Waals surface area contributed by atoms with Crippen LogP contribution in [0.2, 0.25) is 0 Å². The lowest BCUT2D eigenvalue weighted by molar-refractivity contribution is -0.154. The third-order valence-electron chi connectivity index (χ3n) is 5.49. The van der Waals surface area contributed by atoms with Crippen LogP contribution in [0.1, 0.15) is 27.3 Å². The molecule has 1 amide bonds. The second-order valence-corrected chi connectivity index (χ2v) is 7.90. The number of aromatic nitrogens is 3. The molecule has 0 unspecified atom stereocenters. The Bertz CT molecular complexity index is 1120. The molecule has 0 saturated carbocycles. The van der Waals surface area contributed by atoms with Gasteiger partial charge in [0.25, 0.3) is 5.91 Å². The van der Waals surface area contributed by atoms with Crippen LogP contribution in [-0.4, -0.2) is 69.0 Å². The summed E-state index contributed by atoms with van der Waals surface area (Å²) in [6, 6.07) is 7.04. The Morgan fingerprint density at radius 2 is 1.91 bits per heavy atom. The van der Waals surface area contributed by atoms with Crippen LogP contribution in [0.5, 0.6) is 5.88 Å². The van der Waals surface area contributed by atoms with Crippen LogP contribution < -0.4 is 4.74 Å². The van der Waals surface area contributed by atoms with Crippen molar-refractivity contribution in [3.63, 3.8) is 0 Å². The minimum Gasteiger partial charge on any atom is -0.467 e. The lowest BCUT2D eigenvalue weighted by atomic mass is 10.2. The van der Waals surface area contributed by atoms with Crippen LogP contribution in [0.15, 0.2) is 36.7 Å². The molecular weight excluding hydrogens is 423 g/mol. The lowest BCUT2D eigenvalue weighted by Crippen LogP contribution is -2.48. The Hall–Kier alpha value is -3.14. The van der Waals surface area contributed by atoms with E-state index in [2.05, 4.69) is 19.3 Å². The smallest absolute Gasteiger partial charge is 0.422 e. The van der Waals surface area contributed by atoms with Crippen molar-refractivity contribution in [2.45, 2.75) is 26.6 Å². The molecule has 170 valence electrons. The van der Waals surface area contributed by atoms with Gasteiger partial charge in [-0.05, 0) is 43.7 Å². The molecule has 3 aromatic heterocycles. The highest BCUT2D eigenvalue weighted by Crippen LogP contribution is 2.22. The second kappa shape index (κ2) is 8.78. The third kappa shape index (κ3) is 4.85. The number of imidazole rings is 1. The van der Waals surface area contributed by atoms with E-state index < -0.39 is 12.8 Å². The minimum absolute atomic E-state index is 0.0400. The van der Waals surface area contributed by atoms with E-state index in [-0.39, 0.29) is 17.4 Å². The van der Waals surface area contributed by atoms with E-state index in [1.54, 1.807) is 4.90 Å². The van der Waals surface area contributed by atoms with Crippen LogP contribution >= 0.6 is 0 Å². The number of alkyl halides is 3. The van der Waals surface area contributed by atoms with Crippen LogP contribution in [0.25, 0.3) is 5.65 Å². The molecule has 0 N–H and O–H groups in total. The fraction of sp³-hybridized carbons (Fsp3) is 0.409. The Balaban J connectivity index is 1.40. The Labute approximate surface area is 183 Å². The van der Waals surface area contributed by atoms with Crippen molar-refractivity contribution < 1.29 is 22.7 Å². The zero-order valence-corrected chi connectivity index (χ0v) is 17.9. The summed E-state index contributed by atoms with van der Waals surface area (Å²) in [4.78, 5) is 25.2. The minimum atomic E-state index is -4.50. The number of carbonyl (C=O) groups is 1. The molecule has 7 nitrogen and oxygen atoms in total. The van der Waals surface area contributed by atoms with Crippen molar-refractivity contribution >= 4 is 11.6 Å². The van der Waals surface area contributed by atoms with Gasteiger partial charge in [0.1, 0.15) is 11.2 Å². The van der Waals surface area contributed by atoms with Gasteiger partial charge in [-0.25, -0.2) is 9.97 Å². The summed E-state index contributed by atoms with van der Waals surface area (Å²) in [5.41, 5.74) is 4.17. The van der Waals surface area contributed by atoms with E-state index >= 15 is 0 Å². The van der Waals surface area contributed by atoms with Gasteiger partial charge in [-0.15, -0.1) is 0 Å². The first-order valence-electron chi connectivity index (χ1n) is 10.3. The molecule has 0 bridgehead atoms. The number of aryl methyl sites for hydroxylation is 2.